The minimum atomic E-state index is -1.17. The van der Waals surface area contributed by atoms with Gasteiger partial charge in [0.05, 0.1) is 22.8 Å². The molecular formula is C34H48N6O6S. The average Bonchev–Trinajstić information content (AvgIpc) is 3.69. The van der Waals surface area contributed by atoms with E-state index in [1.165, 1.54) is 11.8 Å². The van der Waals surface area contributed by atoms with E-state index in [2.05, 4.69) is 37.8 Å². The van der Waals surface area contributed by atoms with Crippen LogP contribution in [0.4, 0.5) is 0 Å². The van der Waals surface area contributed by atoms with Gasteiger partial charge in [-0.3, -0.25) is 24.2 Å². The fourth-order valence-electron chi connectivity index (χ4n) is 5.59. The number of carbonyl (C=O) groups excluding carboxylic acids is 4. The molecule has 0 saturated carbocycles. The third-order valence-corrected chi connectivity index (χ3v) is 9.95. The van der Waals surface area contributed by atoms with Crippen LogP contribution in [0.2, 0.25) is 0 Å². The lowest BCUT2D eigenvalue weighted by Gasteiger charge is -2.33. The van der Waals surface area contributed by atoms with Crippen molar-refractivity contribution in [2.24, 2.45) is 15.9 Å². The number of aliphatic imine (C=N–C) groups is 2. The standard InChI is InChI=1S/C34H48N6O6S/c1-9-18(3)25-29(42)39-27(21(6)46-34(7,8)10-2)31(44)36-23(16-22-14-12-11-13-15-22)32-40-26(20(5)45-32)30(43)35-19(4)33-37-24(17-47-33)28(41)38-25/h10-15,18-21,23-27H,2,9,16-17H2,1,3-8H3,(H,35,43)(H,36,44)(H,38,41)(H,39,42)/t18-,19-,20+,21+,23-,24-,25-,26-,27-/m0/s1. The maximum Gasteiger partial charge on any atom is 0.249 e. The van der Waals surface area contributed by atoms with Crippen LogP contribution in [0.25, 0.3) is 0 Å². The van der Waals surface area contributed by atoms with Gasteiger partial charge in [-0.2, -0.15) is 0 Å². The number of ether oxygens (including phenoxy) is 2. The summed E-state index contributed by atoms with van der Waals surface area (Å²) >= 11 is 1.39. The van der Waals surface area contributed by atoms with Gasteiger partial charge in [0.2, 0.25) is 29.5 Å². The molecule has 13 heteroatoms. The Hall–Kier alpha value is -3.71. The van der Waals surface area contributed by atoms with Crippen LogP contribution in [0.3, 0.4) is 0 Å². The molecule has 4 amide bonds. The Labute approximate surface area is 281 Å². The molecule has 0 aliphatic carbocycles. The first kappa shape index (κ1) is 36.1. The zero-order valence-corrected chi connectivity index (χ0v) is 29.1. The minimum Gasteiger partial charge on any atom is -0.474 e. The molecule has 12 nitrogen and oxygen atoms in total. The maximum atomic E-state index is 14.2. The van der Waals surface area contributed by atoms with Crippen LogP contribution < -0.4 is 21.3 Å². The lowest BCUT2D eigenvalue weighted by Crippen LogP contribution is -2.61. The van der Waals surface area contributed by atoms with Crippen molar-refractivity contribution in [1.29, 1.82) is 0 Å². The maximum absolute atomic E-state index is 14.2. The molecule has 4 rings (SSSR count). The van der Waals surface area contributed by atoms with Gasteiger partial charge in [-0.15, -0.1) is 18.3 Å². The Morgan fingerprint density at radius 1 is 0.979 bits per heavy atom. The molecule has 0 unspecified atom stereocenters. The third-order valence-electron chi connectivity index (χ3n) is 8.71. The van der Waals surface area contributed by atoms with E-state index in [1.54, 1.807) is 40.7 Å². The molecule has 1 aromatic carbocycles. The Bertz CT molecular complexity index is 1400. The molecule has 3 aliphatic heterocycles. The monoisotopic (exact) mass is 668 g/mol. The van der Waals surface area contributed by atoms with Crippen molar-refractivity contribution in [3.05, 3.63) is 48.6 Å². The van der Waals surface area contributed by atoms with E-state index in [1.807, 2.05) is 44.2 Å². The Balaban J connectivity index is 1.77. The first-order chi connectivity index (χ1) is 22.2. The predicted molar refractivity (Wildman–Crippen MR) is 183 cm³/mol. The first-order valence-corrected chi connectivity index (χ1v) is 17.2. The van der Waals surface area contributed by atoms with Crippen LogP contribution in [0.15, 0.2) is 53.0 Å². The molecule has 0 radical (unpaired) electrons. The number of thioether (sulfide) groups is 1. The van der Waals surface area contributed by atoms with E-state index in [4.69, 9.17) is 9.47 Å². The van der Waals surface area contributed by atoms with Crippen molar-refractivity contribution in [2.75, 3.05) is 5.75 Å². The van der Waals surface area contributed by atoms with Crippen molar-refractivity contribution in [2.45, 2.75) is 115 Å². The molecule has 9 atom stereocenters. The Morgan fingerprint density at radius 3 is 2.30 bits per heavy atom. The zero-order chi connectivity index (χ0) is 34.5. The lowest BCUT2D eigenvalue weighted by molar-refractivity contribution is -0.138. The van der Waals surface area contributed by atoms with Crippen molar-refractivity contribution < 1.29 is 28.7 Å². The highest BCUT2D eigenvalue weighted by molar-refractivity contribution is 8.14. The molecule has 0 saturated heterocycles. The summed E-state index contributed by atoms with van der Waals surface area (Å²) in [7, 11) is 0. The van der Waals surface area contributed by atoms with E-state index in [0.717, 1.165) is 5.56 Å². The van der Waals surface area contributed by atoms with E-state index < -0.39 is 71.8 Å². The van der Waals surface area contributed by atoms with Gasteiger partial charge in [0, 0.05) is 12.2 Å². The van der Waals surface area contributed by atoms with Crippen molar-refractivity contribution in [1.82, 2.24) is 21.3 Å². The fourth-order valence-corrected chi connectivity index (χ4v) is 6.66. The number of amides is 4. The number of carbonyl (C=O) groups is 4. The third kappa shape index (κ3) is 9.01. The van der Waals surface area contributed by atoms with E-state index in [-0.39, 0.29) is 17.7 Å². The SMILES string of the molecule is C=CC(C)(C)O[C@H](C)[C@@H]1NC(=O)[C@H]([C@@H](C)CC)NC(=O)[C@@H]2CSC(=N2)[C@H](C)NC(=O)[C@H]2N=C(O[C@@H]2C)[C@H](Cc2ccccc2)NC1=O. The predicted octanol–water partition coefficient (Wildman–Crippen LogP) is 2.32. The Morgan fingerprint density at radius 2 is 1.64 bits per heavy atom. The number of benzene rings is 1. The summed E-state index contributed by atoms with van der Waals surface area (Å²) in [5.74, 6) is -1.47. The Kier molecular flexibility index (Phi) is 11.9. The van der Waals surface area contributed by atoms with Gasteiger partial charge >= 0.3 is 0 Å². The van der Waals surface area contributed by atoms with Gasteiger partial charge in [-0.1, -0.05) is 56.7 Å². The number of fused-ring (bicyclic) bond motifs is 2. The second-order valence-corrected chi connectivity index (χ2v) is 14.0. The molecule has 3 heterocycles. The summed E-state index contributed by atoms with van der Waals surface area (Å²) in [4.78, 5) is 64.3. The molecule has 0 aromatic heterocycles. The largest absolute Gasteiger partial charge is 0.474 e. The van der Waals surface area contributed by atoms with Crippen LogP contribution in [0.5, 0.6) is 0 Å². The lowest BCUT2D eigenvalue weighted by atomic mass is 9.97. The van der Waals surface area contributed by atoms with E-state index >= 15 is 0 Å². The van der Waals surface area contributed by atoms with Gasteiger partial charge < -0.3 is 30.7 Å². The molecule has 4 N–H and O–H groups in total. The summed E-state index contributed by atoms with van der Waals surface area (Å²) in [6.45, 7) is 16.5. The fraction of sp³-hybridized carbons (Fsp3) is 0.588. The highest BCUT2D eigenvalue weighted by Gasteiger charge is 2.41. The van der Waals surface area contributed by atoms with Crippen molar-refractivity contribution in [3.8, 4) is 0 Å². The molecule has 256 valence electrons. The zero-order valence-electron chi connectivity index (χ0n) is 28.2. The van der Waals surface area contributed by atoms with Crippen LogP contribution >= 0.6 is 11.8 Å². The normalized spacial score (nSPS) is 30.2. The van der Waals surface area contributed by atoms with Gasteiger partial charge in [0.25, 0.3) is 0 Å². The molecule has 0 spiro atoms. The van der Waals surface area contributed by atoms with Gasteiger partial charge in [0.15, 0.2) is 6.04 Å². The number of nitrogens with zero attached hydrogens (tertiary/aromatic N) is 2. The van der Waals surface area contributed by atoms with Crippen LogP contribution in [-0.4, -0.2) is 94.4 Å². The highest BCUT2D eigenvalue weighted by atomic mass is 32.2. The van der Waals surface area contributed by atoms with Crippen molar-refractivity contribution >= 4 is 46.3 Å². The summed E-state index contributed by atoms with van der Waals surface area (Å²) in [5, 5.41) is 12.4. The number of hydrogen-bond acceptors (Lipinski definition) is 9. The molecule has 47 heavy (non-hydrogen) atoms. The first-order valence-electron chi connectivity index (χ1n) is 16.2. The van der Waals surface area contributed by atoms with Gasteiger partial charge in [-0.05, 0) is 46.1 Å². The second kappa shape index (κ2) is 15.5. The topological polar surface area (TPSA) is 160 Å². The highest BCUT2D eigenvalue weighted by Crippen LogP contribution is 2.24. The number of hydrogen-bond donors (Lipinski definition) is 4. The van der Waals surface area contributed by atoms with Crippen LogP contribution in [0.1, 0.15) is 60.5 Å². The van der Waals surface area contributed by atoms with Crippen molar-refractivity contribution in [3.63, 3.8) is 0 Å². The van der Waals surface area contributed by atoms with E-state index in [0.29, 0.717) is 23.6 Å². The molecule has 0 fully saturated rings. The average molecular weight is 669 g/mol. The van der Waals surface area contributed by atoms with Crippen LogP contribution in [-0.2, 0) is 35.1 Å². The molecule has 1 aromatic rings. The number of rotatable bonds is 8. The number of nitrogens with one attached hydrogen (secondary N) is 4. The van der Waals surface area contributed by atoms with Gasteiger partial charge in [-0.25, -0.2) is 4.99 Å². The molecular weight excluding hydrogens is 620 g/mol. The summed E-state index contributed by atoms with van der Waals surface area (Å²) in [5.41, 5.74) is 0.0923. The summed E-state index contributed by atoms with van der Waals surface area (Å²) in [6, 6.07) is 4.58. The second-order valence-electron chi connectivity index (χ2n) is 13.0. The smallest absolute Gasteiger partial charge is 0.249 e. The minimum absolute atomic E-state index is 0.214. The van der Waals surface area contributed by atoms with E-state index in [9.17, 15) is 19.2 Å². The van der Waals surface area contributed by atoms with Gasteiger partial charge in [0.1, 0.15) is 30.3 Å². The quantitative estimate of drug-likeness (QED) is 0.310. The molecule has 4 bridgehead atoms. The molecule has 3 aliphatic rings. The summed E-state index contributed by atoms with van der Waals surface area (Å²) < 4.78 is 12.3. The summed E-state index contributed by atoms with van der Waals surface area (Å²) in [6.07, 6.45) is 1.11. The van der Waals surface area contributed by atoms with Crippen LogP contribution in [0, 0.1) is 5.92 Å².